The molecule has 0 aromatic heterocycles. The maximum absolute atomic E-state index is 13.0. The van der Waals surface area contributed by atoms with Crippen LogP contribution in [0.15, 0.2) is 35.2 Å². The van der Waals surface area contributed by atoms with E-state index in [-0.39, 0.29) is 30.6 Å². The SMILES string of the molecule is CCOP(=O)(OCC)C(CC1CO1)S(=O)(=O)c1ccccc1. The van der Waals surface area contributed by atoms with E-state index in [1.165, 1.54) is 12.1 Å². The number of rotatable bonds is 9. The van der Waals surface area contributed by atoms with E-state index < -0.39 is 22.4 Å². The molecule has 1 aromatic rings. The molecule has 1 aromatic carbocycles. The van der Waals surface area contributed by atoms with Crippen molar-refractivity contribution in [2.24, 2.45) is 0 Å². The van der Waals surface area contributed by atoms with Crippen LogP contribution in [0, 0.1) is 0 Å². The first kappa shape index (κ1) is 17.6. The largest absolute Gasteiger partial charge is 0.373 e. The first-order valence-electron chi connectivity index (χ1n) is 7.23. The van der Waals surface area contributed by atoms with Crippen molar-refractivity contribution in [3.63, 3.8) is 0 Å². The van der Waals surface area contributed by atoms with E-state index >= 15 is 0 Å². The van der Waals surface area contributed by atoms with Crippen molar-refractivity contribution in [1.29, 1.82) is 0 Å². The summed E-state index contributed by atoms with van der Waals surface area (Å²) in [7, 11) is -7.65. The molecular formula is C14H21O6PS. The maximum Gasteiger partial charge on any atom is 0.349 e. The normalized spacial score (nSPS) is 19.8. The minimum atomic E-state index is -3.85. The Morgan fingerprint density at radius 1 is 1.23 bits per heavy atom. The van der Waals surface area contributed by atoms with Crippen molar-refractivity contribution in [3.8, 4) is 0 Å². The number of epoxide rings is 1. The van der Waals surface area contributed by atoms with E-state index in [0.29, 0.717) is 6.61 Å². The predicted octanol–water partition coefficient (Wildman–Crippen LogP) is 2.84. The molecule has 2 atom stereocenters. The fourth-order valence-corrected chi connectivity index (χ4v) is 7.21. The van der Waals surface area contributed by atoms with Gasteiger partial charge in [-0.05, 0) is 26.0 Å². The van der Waals surface area contributed by atoms with E-state index in [4.69, 9.17) is 13.8 Å². The van der Waals surface area contributed by atoms with Gasteiger partial charge in [0.15, 0.2) is 14.8 Å². The smallest absolute Gasteiger partial charge is 0.349 e. The van der Waals surface area contributed by atoms with Crippen LogP contribution < -0.4 is 0 Å². The van der Waals surface area contributed by atoms with Crippen LogP contribution in [0.25, 0.3) is 0 Å². The van der Waals surface area contributed by atoms with Crippen LogP contribution in [-0.2, 0) is 28.2 Å². The number of hydrogen-bond acceptors (Lipinski definition) is 6. The van der Waals surface area contributed by atoms with Crippen LogP contribution in [0.5, 0.6) is 0 Å². The summed E-state index contributed by atoms with van der Waals surface area (Å²) in [5.74, 6) is 0. The van der Waals surface area contributed by atoms with Crippen LogP contribution in [0.2, 0.25) is 0 Å². The molecule has 1 saturated heterocycles. The average Bonchev–Trinajstić information content (AvgIpc) is 3.30. The molecule has 0 amide bonds. The predicted molar refractivity (Wildman–Crippen MR) is 82.6 cm³/mol. The third-order valence-electron chi connectivity index (χ3n) is 3.27. The highest BCUT2D eigenvalue weighted by molar-refractivity contribution is 7.98. The zero-order valence-electron chi connectivity index (χ0n) is 12.7. The van der Waals surface area contributed by atoms with Gasteiger partial charge in [-0.25, -0.2) is 8.42 Å². The molecule has 0 bridgehead atoms. The van der Waals surface area contributed by atoms with Crippen LogP contribution in [0.4, 0.5) is 0 Å². The summed E-state index contributed by atoms with van der Waals surface area (Å²) in [5.41, 5.74) is 0. The molecule has 124 valence electrons. The van der Waals surface area contributed by atoms with Gasteiger partial charge >= 0.3 is 7.60 Å². The lowest BCUT2D eigenvalue weighted by Gasteiger charge is -2.25. The van der Waals surface area contributed by atoms with Gasteiger partial charge in [0.25, 0.3) is 0 Å². The topological polar surface area (TPSA) is 82.2 Å². The van der Waals surface area contributed by atoms with E-state index in [2.05, 4.69) is 0 Å². The minimum Gasteiger partial charge on any atom is -0.373 e. The van der Waals surface area contributed by atoms with Crippen LogP contribution in [0.3, 0.4) is 0 Å². The fourth-order valence-electron chi connectivity index (χ4n) is 2.19. The van der Waals surface area contributed by atoms with Gasteiger partial charge in [-0.15, -0.1) is 0 Å². The molecule has 8 heteroatoms. The van der Waals surface area contributed by atoms with Gasteiger partial charge in [0.2, 0.25) is 0 Å². The van der Waals surface area contributed by atoms with Crippen molar-refractivity contribution in [1.82, 2.24) is 0 Å². The highest BCUT2D eigenvalue weighted by Crippen LogP contribution is 2.58. The molecule has 1 aliphatic rings. The molecule has 1 heterocycles. The summed E-state index contributed by atoms with van der Waals surface area (Å²) in [4.78, 5) is -1.14. The molecule has 6 nitrogen and oxygen atoms in total. The molecule has 0 aliphatic carbocycles. The van der Waals surface area contributed by atoms with Gasteiger partial charge in [-0.1, -0.05) is 18.2 Å². The molecular weight excluding hydrogens is 327 g/mol. The van der Waals surface area contributed by atoms with Crippen molar-refractivity contribution in [3.05, 3.63) is 30.3 Å². The molecule has 2 rings (SSSR count). The Labute approximate surface area is 131 Å². The quantitative estimate of drug-likeness (QED) is 0.504. The summed E-state index contributed by atoms with van der Waals surface area (Å²) in [6.45, 7) is 4.02. The molecule has 0 spiro atoms. The lowest BCUT2D eigenvalue weighted by Crippen LogP contribution is -2.26. The summed E-state index contributed by atoms with van der Waals surface area (Å²) in [6, 6.07) is 7.95. The Kier molecular flexibility index (Phi) is 5.80. The van der Waals surface area contributed by atoms with E-state index in [1.54, 1.807) is 32.0 Å². The van der Waals surface area contributed by atoms with Crippen molar-refractivity contribution < 1.29 is 26.8 Å². The lowest BCUT2D eigenvalue weighted by atomic mass is 10.4. The van der Waals surface area contributed by atoms with Crippen LogP contribution >= 0.6 is 7.60 Å². The van der Waals surface area contributed by atoms with E-state index in [0.717, 1.165) is 0 Å². The minimum absolute atomic E-state index is 0.106. The lowest BCUT2D eigenvalue weighted by molar-refractivity contribution is 0.215. The van der Waals surface area contributed by atoms with Crippen molar-refractivity contribution >= 4 is 17.4 Å². The molecule has 0 saturated carbocycles. The first-order valence-corrected chi connectivity index (χ1v) is 10.4. The summed E-state index contributed by atoms with van der Waals surface area (Å²) < 4.78 is 54.5. The first-order chi connectivity index (χ1) is 10.4. The maximum atomic E-state index is 13.0. The van der Waals surface area contributed by atoms with E-state index in [1.807, 2.05) is 0 Å². The molecule has 0 radical (unpaired) electrons. The Bertz CT molecular complexity index is 616. The number of ether oxygens (including phenoxy) is 1. The Morgan fingerprint density at radius 3 is 2.23 bits per heavy atom. The second-order valence-electron chi connectivity index (χ2n) is 4.88. The summed E-state index contributed by atoms with van der Waals surface area (Å²) >= 11 is 0. The van der Waals surface area contributed by atoms with Gasteiger partial charge in [-0.3, -0.25) is 4.57 Å². The molecule has 1 aliphatic heterocycles. The summed E-state index contributed by atoms with van der Waals surface area (Å²) in [5, 5.41) is 0. The zero-order valence-corrected chi connectivity index (χ0v) is 14.4. The zero-order chi connectivity index (χ0) is 16.2. The Morgan fingerprint density at radius 2 is 1.77 bits per heavy atom. The number of benzene rings is 1. The van der Waals surface area contributed by atoms with E-state index in [9.17, 15) is 13.0 Å². The van der Waals surface area contributed by atoms with Crippen molar-refractivity contribution in [2.75, 3.05) is 19.8 Å². The average molecular weight is 348 g/mol. The van der Waals surface area contributed by atoms with Crippen LogP contribution in [0.1, 0.15) is 20.3 Å². The second-order valence-corrected chi connectivity index (χ2v) is 9.58. The highest BCUT2D eigenvalue weighted by Gasteiger charge is 2.48. The third kappa shape index (κ3) is 3.97. The standard InChI is InChI=1S/C14H21O6PS/c1-3-19-21(15,20-4-2)14(10-12-11-18-12)22(16,17)13-8-6-5-7-9-13/h5-9,12,14H,3-4,10-11H2,1-2H3. The molecule has 22 heavy (non-hydrogen) atoms. The number of hydrogen-bond donors (Lipinski definition) is 0. The van der Waals surface area contributed by atoms with Crippen LogP contribution in [-0.4, -0.2) is 39.3 Å². The van der Waals surface area contributed by atoms with Gasteiger partial charge in [0.1, 0.15) is 0 Å². The van der Waals surface area contributed by atoms with Gasteiger partial charge in [0, 0.05) is 6.42 Å². The van der Waals surface area contributed by atoms with Crippen molar-refractivity contribution in [2.45, 2.75) is 36.3 Å². The monoisotopic (exact) mass is 348 g/mol. The highest BCUT2D eigenvalue weighted by atomic mass is 32.2. The molecule has 2 unspecified atom stereocenters. The van der Waals surface area contributed by atoms with Gasteiger partial charge in [-0.2, -0.15) is 0 Å². The Balaban J connectivity index is 2.42. The Hall–Kier alpha value is -0.720. The second kappa shape index (κ2) is 7.23. The fraction of sp³-hybridized carbons (Fsp3) is 0.571. The van der Waals surface area contributed by atoms with Gasteiger partial charge < -0.3 is 13.8 Å². The molecule has 0 N–H and O–H groups in total. The third-order valence-corrected chi connectivity index (χ3v) is 8.87. The number of sulfone groups is 1. The molecule has 1 fully saturated rings. The summed E-state index contributed by atoms with van der Waals surface area (Å²) in [6.07, 6.45) is -0.105. The van der Waals surface area contributed by atoms with Gasteiger partial charge in [0.05, 0.1) is 30.8 Å².